The number of carbonyl (C=O) groups excluding carboxylic acids is 2. The highest BCUT2D eigenvalue weighted by Crippen LogP contribution is 2.34. The fourth-order valence-corrected chi connectivity index (χ4v) is 2.82. The zero-order valence-corrected chi connectivity index (χ0v) is 13.6. The van der Waals surface area contributed by atoms with E-state index in [9.17, 15) is 29.8 Å². The first-order chi connectivity index (χ1) is 11.2. The van der Waals surface area contributed by atoms with E-state index in [4.69, 9.17) is 0 Å². The molecule has 0 aliphatic heterocycles. The first-order valence-electron chi connectivity index (χ1n) is 8.05. The Morgan fingerprint density at radius 2 is 1.54 bits per heavy atom. The molecule has 2 aliphatic rings. The largest absolute Gasteiger partial charge is 0.354 e. The number of hydrogen-bond acceptors (Lipinski definition) is 6. The maximum absolute atomic E-state index is 12.0. The summed E-state index contributed by atoms with van der Waals surface area (Å²) < 4.78 is 0. The van der Waals surface area contributed by atoms with E-state index in [1.165, 1.54) is 0 Å². The van der Waals surface area contributed by atoms with Gasteiger partial charge in [-0.15, -0.1) is 0 Å². The molecule has 2 rings (SSSR count). The molecule has 134 valence electrons. The second kappa shape index (κ2) is 7.10. The molecule has 10 heteroatoms. The summed E-state index contributed by atoms with van der Waals surface area (Å²) in [6, 6.07) is -1.97. The molecule has 24 heavy (non-hydrogen) atoms. The molecule has 2 N–H and O–H groups in total. The Labute approximate surface area is 138 Å². The highest BCUT2D eigenvalue weighted by atomic mass is 16.6. The molecule has 5 atom stereocenters. The zero-order chi connectivity index (χ0) is 18.0. The van der Waals surface area contributed by atoms with Crippen LogP contribution >= 0.6 is 0 Å². The molecule has 0 aromatic heterocycles. The minimum absolute atomic E-state index is 0.166. The van der Waals surface area contributed by atoms with Crippen LogP contribution in [0.2, 0.25) is 0 Å². The number of carbonyl (C=O) groups is 2. The second-order valence-corrected chi connectivity index (χ2v) is 6.97. The van der Waals surface area contributed by atoms with Crippen LogP contribution in [0.4, 0.5) is 0 Å². The molecule has 2 amide bonds. The normalized spacial score (nSPS) is 28.8. The first kappa shape index (κ1) is 18.1. The van der Waals surface area contributed by atoms with Crippen LogP contribution in [0, 0.1) is 38.0 Å². The predicted molar refractivity (Wildman–Crippen MR) is 82.2 cm³/mol. The highest BCUT2D eigenvalue weighted by Gasteiger charge is 2.54. The van der Waals surface area contributed by atoms with Gasteiger partial charge in [0.25, 0.3) is 0 Å². The quantitative estimate of drug-likeness (QED) is 0.444. The smallest absolute Gasteiger partial charge is 0.230 e. The van der Waals surface area contributed by atoms with Crippen molar-refractivity contribution in [1.82, 2.24) is 10.6 Å². The maximum atomic E-state index is 12.0. The van der Waals surface area contributed by atoms with E-state index in [1.54, 1.807) is 0 Å². The Kier molecular flexibility index (Phi) is 5.35. The maximum Gasteiger partial charge on any atom is 0.230 e. The van der Waals surface area contributed by atoms with Crippen molar-refractivity contribution in [2.75, 3.05) is 6.54 Å². The number of nitrogens with zero attached hydrogens (tertiary/aromatic N) is 2. The van der Waals surface area contributed by atoms with Gasteiger partial charge in [0.1, 0.15) is 11.8 Å². The summed E-state index contributed by atoms with van der Waals surface area (Å²) in [6.45, 7) is 4.09. The Balaban J connectivity index is 1.80. The van der Waals surface area contributed by atoms with E-state index in [0.29, 0.717) is 6.42 Å². The number of nitrogens with one attached hydrogen (secondary N) is 2. The van der Waals surface area contributed by atoms with Gasteiger partial charge in [-0.05, 0) is 12.3 Å². The zero-order valence-electron chi connectivity index (χ0n) is 13.6. The monoisotopic (exact) mass is 342 g/mol. The third kappa shape index (κ3) is 4.62. The highest BCUT2D eigenvalue weighted by molar-refractivity contribution is 5.83. The number of nitro groups is 2. The van der Waals surface area contributed by atoms with Crippen molar-refractivity contribution < 1.29 is 19.4 Å². The van der Waals surface area contributed by atoms with Crippen LogP contribution in [-0.2, 0) is 9.59 Å². The molecule has 2 saturated carbocycles. The first-order valence-corrected chi connectivity index (χ1v) is 8.05. The van der Waals surface area contributed by atoms with Gasteiger partial charge < -0.3 is 10.6 Å². The van der Waals surface area contributed by atoms with Crippen LogP contribution in [-0.4, -0.2) is 46.3 Å². The lowest BCUT2D eigenvalue weighted by atomic mass is 10.0. The molecule has 10 nitrogen and oxygen atoms in total. The third-order valence-corrected chi connectivity index (χ3v) is 4.35. The number of hydrogen-bond donors (Lipinski definition) is 2. The standard InChI is InChI=1S/C14H22N4O6/c1-7(2)3-8(16-14(20)10-5-12(10)18(23)24)6-15-13(19)9-4-11(9)17(21)22/h7-12H,3-6H2,1-2H3,(H,15,19)(H,16,20)/t8-,9-,10+,11+,12-/m1/s1. The summed E-state index contributed by atoms with van der Waals surface area (Å²) in [5.74, 6) is -1.70. The Morgan fingerprint density at radius 1 is 1.04 bits per heavy atom. The third-order valence-electron chi connectivity index (χ3n) is 4.35. The lowest BCUT2D eigenvalue weighted by Gasteiger charge is -2.21. The van der Waals surface area contributed by atoms with E-state index in [0.717, 1.165) is 0 Å². The minimum atomic E-state index is -0.813. The molecule has 0 saturated heterocycles. The van der Waals surface area contributed by atoms with Gasteiger partial charge in [-0.2, -0.15) is 0 Å². The van der Waals surface area contributed by atoms with Crippen LogP contribution in [0.25, 0.3) is 0 Å². The summed E-state index contributed by atoms with van der Waals surface area (Å²) in [5.41, 5.74) is 0. The molecule has 0 spiro atoms. The molecule has 0 bridgehead atoms. The van der Waals surface area contributed by atoms with E-state index < -0.39 is 33.8 Å². The predicted octanol–water partition coefficient (Wildman–Crippen LogP) is -0.0361. The molecule has 0 heterocycles. The van der Waals surface area contributed by atoms with E-state index in [2.05, 4.69) is 10.6 Å². The van der Waals surface area contributed by atoms with E-state index in [-0.39, 0.29) is 43.2 Å². The SMILES string of the molecule is CC(C)C[C@H](CNC(=O)[C@@H]1C[C@@H]1[N+](=O)[O-])NC(=O)[C@H]1C[C@H]1[N+](=O)[O-]. The van der Waals surface area contributed by atoms with Gasteiger partial charge in [0.15, 0.2) is 0 Å². The molecular weight excluding hydrogens is 320 g/mol. The molecule has 2 aliphatic carbocycles. The second-order valence-electron chi connectivity index (χ2n) is 6.97. The van der Waals surface area contributed by atoms with Crippen LogP contribution in [0.3, 0.4) is 0 Å². The lowest BCUT2D eigenvalue weighted by Crippen LogP contribution is -2.46. The Morgan fingerprint density at radius 3 is 1.96 bits per heavy atom. The molecule has 0 unspecified atom stereocenters. The van der Waals surface area contributed by atoms with Crippen LogP contribution < -0.4 is 10.6 Å². The Bertz CT molecular complexity index is 551. The van der Waals surface area contributed by atoms with Gasteiger partial charge in [-0.25, -0.2) is 0 Å². The van der Waals surface area contributed by atoms with Crippen LogP contribution in [0.15, 0.2) is 0 Å². The summed E-state index contributed by atoms with van der Waals surface area (Å²) >= 11 is 0. The van der Waals surface area contributed by atoms with Crippen LogP contribution in [0.1, 0.15) is 33.1 Å². The molecular formula is C14H22N4O6. The van der Waals surface area contributed by atoms with Gasteiger partial charge in [-0.3, -0.25) is 29.8 Å². The molecule has 0 aromatic carbocycles. The molecule has 2 fully saturated rings. The Hall–Kier alpha value is -2.26. The van der Waals surface area contributed by atoms with Crippen molar-refractivity contribution in [3.8, 4) is 0 Å². The van der Waals surface area contributed by atoms with E-state index >= 15 is 0 Å². The fraction of sp³-hybridized carbons (Fsp3) is 0.857. The van der Waals surface area contributed by atoms with Crippen molar-refractivity contribution >= 4 is 11.8 Å². The number of amides is 2. The van der Waals surface area contributed by atoms with Gasteiger partial charge in [-0.1, -0.05) is 13.8 Å². The van der Waals surface area contributed by atoms with Gasteiger partial charge in [0.05, 0.1) is 0 Å². The van der Waals surface area contributed by atoms with Crippen molar-refractivity contribution in [2.24, 2.45) is 17.8 Å². The van der Waals surface area contributed by atoms with Crippen molar-refractivity contribution in [1.29, 1.82) is 0 Å². The van der Waals surface area contributed by atoms with Crippen molar-refractivity contribution in [3.63, 3.8) is 0 Å². The van der Waals surface area contributed by atoms with E-state index in [1.807, 2.05) is 13.8 Å². The average molecular weight is 342 g/mol. The summed E-state index contributed by atoms with van der Waals surface area (Å²) in [7, 11) is 0. The van der Waals surface area contributed by atoms with Gasteiger partial charge >= 0.3 is 0 Å². The fourth-order valence-electron chi connectivity index (χ4n) is 2.82. The lowest BCUT2D eigenvalue weighted by molar-refractivity contribution is -0.497. The summed E-state index contributed by atoms with van der Waals surface area (Å²) in [5, 5.41) is 26.6. The summed E-state index contributed by atoms with van der Waals surface area (Å²) in [6.07, 6.45) is 1.09. The average Bonchev–Trinajstić information content (AvgIpc) is 3.36. The molecule has 0 radical (unpaired) electrons. The topological polar surface area (TPSA) is 144 Å². The van der Waals surface area contributed by atoms with Crippen LogP contribution in [0.5, 0.6) is 0 Å². The minimum Gasteiger partial charge on any atom is -0.354 e. The summed E-state index contributed by atoms with van der Waals surface area (Å²) in [4.78, 5) is 44.2. The van der Waals surface area contributed by atoms with Crippen molar-refractivity contribution in [2.45, 2.75) is 51.2 Å². The molecule has 0 aromatic rings. The van der Waals surface area contributed by atoms with Crippen molar-refractivity contribution in [3.05, 3.63) is 20.2 Å². The number of rotatable bonds is 9. The van der Waals surface area contributed by atoms with Gasteiger partial charge in [0.2, 0.25) is 23.9 Å². The van der Waals surface area contributed by atoms with Gasteiger partial charge in [0, 0.05) is 35.3 Å².